The summed E-state index contributed by atoms with van der Waals surface area (Å²) in [7, 11) is 1.35. The zero-order chi connectivity index (χ0) is 22.2. The number of benzene rings is 1. The smallest absolute Gasteiger partial charge is 0.387 e. The Balaban J connectivity index is 1.33. The molecule has 0 aliphatic heterocycles. The summed E-state index contributed by atoms with van der Waals surface area (Å²) in [6, 6.07) is 3.12. The number of hydrogen-bond acceptors (Lipinski definition) is 5. The summed E-state index contributed by atoms with van der Waals surface area (Å²) in [5, 5.41) is 8.42. The molecular formula is C22H29F2N3O4. The lowest BCUT2D eigenvalue weighted by Gasteiger charge is -2.56. The maximum Gasteiger partial charge on any atom is 0.387 e. The van der Waals surface area contributed by atoms with Gasteiger partial charge >= 0.3 is 12.6 Å². The SMILES string of the molecule is COc1ccc(NC(C)C(=O)NC(=O)NC23CC4CC(CC(C4)C2)C3)cc1OC(F)F. The van der Waals surface area contributed by atoms with Crippen LogP contribution in [0.15, 0.2) is 18.2 Å². The number of halogens is 2. The fraction of sp³-hybridized carbons (Fsp3) is 0.636. The highest BCUT2D eigenvalue weighted by atomic mass is 19.3. The molecule has 170 valence electrons. The number of urea groups is 1. The van der Waals surface area contributed by atoms with Gasteiger partial charge in [-0.1, -0.05) is 0 Å². The zero-order valence-corrected chi connectivity index (χ0v) is 17.8. The lowest BCUT2D eigenvalue weighted by Crippen LogP contribution is -2.62. The molecule has 7 nitrogen and oxygen atoms in total. The first-order valence-electron chi connectivity index (χ1n) is 10.8. The molecule has 4 bridgehead atoms. The van der Waals surface area contributed by atoms with E-state index in [-0.39, 0.29) is 17.0 Å². The van der Waals surface area contributed by atoms with Gasteiger partial charge in [0.25, 0.3) is 0 Å². The van der Waals surface area contributed by atoms with E-state index in [1.807, 2.05) is 0 Å². The van der Waals surface area contributed by atoms with Crippen LogP contribution in [0.1, 0.15) is 45.4 Å². The number of alkyl halides is 2. The van der Waals surface area contributed by atoms with Gasteiger partial charge < -0.3 is 20.1 Å². The molecule has 9 heteroatoms. The van der Waals surface area contributed by atoms with Gasteiger partial charge in [0.15, 0.2) is 11.5 Å². The molecule has 1 atom stereocenters. The van der Waals surface area contributed by atoms with Crippen LogP contribution in [0.3, 0.4) is 0 Å². The van der Waals surface area contributed by atoms with Gasteiger partial charge in [-0.15, -0.1) is 0 Å². The predicted octanol–water partition coefficient (Wildman–Crippen LogP) is 3.89. The largest absolute Gasteiger partial charge is 0.493 e. The van der Waals surface area contributed by atoms with Gasteiger partial charge in [-0.3, -0.25) is 10.1 Å². The van der Waals surface area contributed by atoms with E-state index in [0.717, 1.165) is 19.3 Å². The first-order chi connectivity index (χ1) is 14.7. The van der Waals surface area contributed by atoms with Crippen molar-refractivity contribution in [2.45, 2.75) is 63.6 Å². The van der Waals surface area contributed by atoms with Crippen LogP contribution in [0.4, 0.5) is 19.3 Å². The Labute approximate surface area is 180 Å². The number of anilines is 1. The van der Waals surface area contributed by atoms with Crippen LogP contribution in [0.25, 0.3) is 0 Å². The molecule has 1 unspecified atom stereocenters. The number of methoxy groups -OCH3 is 1. The number of carbonyl (C=O) groups is 2. The van der Waals surface area contributed by atoms with E-state index in [1.165, 1.54) is 38.5 Å². The molecule has 0 heterocycles. The summed E-state index contributed by atoms with van der Waals surface area (Å²) in [6.45, 7) is -1.41. The highest BCUT2D eigenvalue weighted by molar-refractivity contribution is 5.98. The second kappa shape index (κ2) is 8.51. The number of rotatable bonds is 7. The normalized spacial score (nSPS) is 29.4. The van der Waals surface area contributed by atoms with E-state index in [9.17, 15) is 18.4 Å². The summed E-state index contributed by atoms with van der Waals surface area (Å²) in [5.41, 5.74) is 0.202. The van der Waals surface area contributed by atoms with Gasteiger partial charge in [0.2, 0.25) is 5.91 Å². The summed E-state index contributed by atoms with van der Waals surface area (Å²) in [6.07, 6.45) is 6.78. The Kier molecular flexibility index (Phi) is 5.94. The monoisotopic (exact) mass is 437 g/mol. The molecule has 4 aliphatic rings. The summed E-state index contributed by atoms with van der Waals surface area (Å²) in [5.74, 6) is 1.55. The molecule has 1 aromatic carbocycles. The average Bonchev–Trinajstić information content (AvgIpc) is 2.66. The second-order valence-electron chi connectivity index (χ2n) is 9.25. The maximum absolute atomic E-state index is 12.6. The molecule has 31 heavy (non-hydrogen) atoms. The van der Waals surface area contributed by atoms with Crippen molar-refractivity contribution in [1.82, 2.24) is 10.6 Å². The maximum atomic E-state index is 12.6. The molecule has 5 rings (SSSR count). The quantitative estimate of drug-likeness (QED) is 0.602. The molecule has 4 fully saturated rings. The number of ether oxygens (including phenoxy) is 2. The van der Waals surface area contributed by atoms with Crippen molar-refractivity contribution in [3.63, 3.8) is 0 Å². The van der Waals surface area contributed by atoms with Crippen molar-refractivity contribution in [2.24, 2.45) is 17.8 Å². The molecule has 0 radical (unpaired) electrons. The van der Waals surface area contributed by atoms with Gasteiger partial charge in [0.1, 0.15) is 6.04 Å². The van der Waals surface area contributed by atoms with E-state index in [1.54, 1.807) is 13.0 Å². The van der Waals surface area contributed by atoms with Crippen molar-refractivity contribution < 1.29 is 27.8 Å². The predicted molar refractivity (Wildman–Crippen MR) is 110 cm³/mol. The third-order valence-corrected chi connectivity index (χ3v) is 6.81. The van der Waals surface area contributed by atoms with Crippen molar-refractivity contribution in [2.75, 3.05) is 12.4 Å². The molecule has 1 aromatic rings. The van der Waals surface area contributed by atoms with E-state index in [0.29, 0.717) is 23.4 Å². The number of amides is 3. The van der Waals surface area contributed by atoms with Gasteiger partial charge in [-0.25, -0.2) is 4.79 Å². The minimum atomic E-state index is -3.00. The topological polar surface area (TPSA) is 88.7 Å². The van der Waals surface area contributed by atoms with Crippen LogP contribution in [0.5, 0.6) is 11.5 Å². The second-order valence-corrected chi connectivity index (χ2v) is 9.25. The molecule has 3 N–H and O–H groups in total. The fourth-order valence-corrected chi connectivity index (χ4v) is 6.03. The minimum absolute atomic E-state index is 0.144. The van der Waals surface area contributed by atoms with Crippen molar-refractivity contribution >= 4 is 17.6 Å². The number of hydrogen-bond donors (Lipinski definition) is 3. The van der Waals surface area contributed by atoms with E-state index >= 15 is 0 Å². The number of carbonyl (C=O) groups excluding carboxylic acids is 2. The summed E-state index contributed by atoms with van der Waals surface area (Å²) in [4.78, 5) is 25.1. The summed E-state index contributed by atoms with van der Waals surface area (Å²) < 4.78 is 34.7. The Bertz CT molecular complexity index is 813. The average molecular weight is 437 g/mol. The standard InChI is InChI=1S/C22H29F2N3O4/c1-12(25-16-3-4-17(30-2)18(8-16)31-20(23)24)19(28)26-21(29)27-22-9-13-5-14(10-22)7-15(6-13)11-22/h3-4,8,12-15,20,25H,5-7,9-11H2,1-2H3,(H2,26,27,28,29). The lowest BCUT2D eigenvalue weighted by atomic mass is 9.53. The zero-order valence-electron chi connectivity index (χ0n) is 17.8. The van der Waals surface area contributed by atoms with Crippen LogP contribution in [0.2, 0.25) is 0 Å². The minimum Gasteiger partial charge on any atom is -0.493 e. The van der Waals surface area contributed by atoms with Crippen LogP contribution in [-0.4, -0.2) is 37.2 Å². The molecule has 0 spiro atoms. The van der Waals surface area contributed by atoms with E-state index in [4.69, 9.17) is 4.74 Å². The van der Waals surface area contributed by atoms with Crippen LogP contribution in [-0.2, 0) is 4.79 Å². The number of imide groups is 1. The van der Waals surface area contributed by atoms with Crippen molar-refractivity contribution in [1.29, 1.82) is 0 Å². The third kappa shape index (κ3) is 4.85. The molecule has 4 aliphatic carbocycles. The van der Waals surface area contributed by atoms with Crippen LogP contribution >= 0.6 is 0 Å². The first kappa shape index (κ1) is 21.6. The van der Waals surface area contributed by atoms with Crippen molar-refractivity contribution in [3.05, 3.63) is 18.2 Å². The number of nitrogens with one attached hydrogen (secondary N) is 3. The highest BCUT2D eigenvalue weighted by Crippen LogP contribution is 2.55. The van der Waals surface area contributed by atoms with Gasteiger partial charge in [0, 0.05) is 17.3 Å². The molecular weight excluding hydrogens is 408 g/mol. The van der Waals surface area contributed by atoms with Gasteiger partial charge in [-0.05, 0) is 75.3 Å². The van der Waals surface area contributed by atoms with Crippen molar-refractivity contribution in [3.8, 4) is 11.5 Å². The molecule has 0 aromatic heterocycles. The Morgan fingerprint density at radius 3 is 2.23 bits per heavy atom. The first-order valence-corrected chi connectivity index (χ1v) is 10.8. The van der Waals surface area contributed by atoms with E-state index < -0.39 is 24.6 Å². The van der Waals surface area contributed by atoms with E-state index in [2.05, 4.69) is 20.7 Å². The summed E-state index contributed by atoms with van der Waals surface area (Å²) >= 11 is 0. The Morgan fingerprint density at radius 1 is 1.06 bits per heavy atom. The molecule has 4 saturated carbocycles. The lowest BCUT2D eigenvalue weighted by molar-refractivity contribution is -0.120. The van der Waals surface area contributed by atoms with Gasteiger partial charge in [-0.2, -0.15) is 8.78 Å². The van der Waals surface area contributed by atoms with Gasteiger partial charge in [0.05, 0.1) is 7.11 Å². The highest BCUT2D eigenvalue weighted by Gasteiger charge is 2.51. The molecule has 0 saturated heterocycles. The Morgan fingerprint density at radius 2 is 1.68 bits per heavy atom. The van der Waals surface area contributed by atoms with Crippen LogP contribution in [0, 0.1) is 17.8 Å². The fourth-order valence-electron chi connectivity index (χ4n) is 6.03. The molecule has 3 amide bonds. The third-order valence-electron chi connectivity index (χ3n) is 6.81. The van der Waals surface area contributed by atoms with Crippen LogP contribution < -0.4 is 25.4 Å². The Hall–Kier alpha value is -2.58.